The van der Waals surface area contributed by atoms with E-state index in [1.54, 1.807) is 6.92 Å². The van der Waals surface area contributed by atoms with Gasteiger partial charge in [-0.2, -0.15) is 0 Å². The fourth-order valence-electron chi connectivity index (χ4n) is 1.33. The van der Waals surface area contributed by atoms with Crippen LogP contribution in [0.3, 0.4) is 0 Å². The van der Waals surface area contributed by atoms with Gasteiger partial charge in [0.2, 0.25) is 0 Å². The molecular formula is C13H17NOS. The third-order valence-electron chi connectivity index (χ3n) is 2.13. The highest BCUT2D eigenvalue weighted by Crippen LogP contribution is 2.16. The Morgan fingerprint density at radius 1 is 1.50 bits per heavy atom. The van der Waals surface area contributed by atoms with Crippen LogP contribution in [-0.2, 0) is 4.79 Å². The van der Waals surface area contributed by atoms with E-state index in [4.69, 9.17) is 5.73 Å². The monoisotopic (exact) mass is 235 g/mol. The fraction of sp³-hybridized carbons (Fsp3) is 0.308. The molecule has 0 saturated heterocycles. The highest BCUT2D eigenvalue weighted by Gasteiger charge is 1.95. The molecule has 0 unspecified atom stereocenters. The Balaban J connectivity index is 2.47. The second kappa shape index (κ2) is 6.38. The maximum absolute atomic E-state index is 10.7. The van der Waals surface area contributed by atoms with Gasteiger partial charge in [0, 0.05) is 18.4 Å². The predicted octanol–water partition coefficient (Wildman–Crippen LogP) is 3.26. The molecule has 0 aromatic heterocycles. The van der Waals surface area contributed by atoms with E-state index >= 15 is 0 Å². The van der Waals surface area contributed by atoms with E-state index in [9.17, 15) is 4.79 Å². The molecule has 0 fully saturated rings. The number of anilines is 1. The third-order valence-corrected chi connectivity index (χ3v) is 2.98. The highest BCUT2D eigenvalue weighted by atomic mass is 32.2. The largest absolute Gasteiger partial charge is 0.398 e. The zero-order valence-electron chi connectivity index (χ0n) is 9.69. The number of allylic oxidation sites excluding steroid dienone is 1. The van der Waals surface area contributed by atoms with Gasteiger partial charge in [-0.15, -0.1) is 0 Å². The molecular weight excluding hydrogens is 218 g/mol. The smallest absolute Gasteiger partial charge is 0.185 e. The van der Waals surface area contributed by atoms with Gasteiger partial charge in [-0.3, -0.25) is 4.79 Å². The number of carbonyl (C=O) groups excluding carboxylic acids is 1. The molecule has 0 aliphatic carbocycles. The minimum Gasteiger partial charge on any atom is -0.398 e. The molecule has 0 spiro atoms. The van der Waals surface area contributed by atoms with Crippen LogP contribution in [-0.4, -0.2) is 10.9 Å². The number of hydrogen-bond donors (Lipinski definition) is 1. The van der Waals surface area contributed by atoms with Crippen molar-refractivity contribution in [3.8, 4) is 0 Å². The standard InChI is InChI=1S/C13H17NOS/c1-10-6-7-12(13(14)9-10)5-3-4-8-16-11(2)15/h3,5-7,9H,4,8,14H2,1-2H3. The van der Waals surface area contributed by atoms with Crippen molar-refractivity contribution >= 4 is 28.6 Å². The van der Waals surface area contributed by atoms with Gasteiger partial charge in [0.05, 0.1) is 0 Å². The molecule has 0 amide bonds. The molecule has 1 rings (SSSR count). The van der Waals surface area contributed by atoms with Crippen molar-refractivity contribution in [1.82, 2.24) is 0 Å². The Morgan fingerprint density at radius 2 is 2.25 bits per heavy atom. The molecule has 0 aliphatic rings. The van der Waals surface area contributed by atoms with Crippen molar-refractivity contribution in [2.75, 3.05) is 11.5 Å². The van der Waals surface area contributed by atoms with Gasteiger partial charge in [0.15, 0.2) is 5.12 Å². The molecule has 1 aromatic carbocycles. The maximum Gasteiger partial charge on any atom is 0.185 e. The normalized spacial score (nSPS) is 10.9. The molecule has 1 aromatic rings. The van der Waals surface area contributed by atoms with Crippen molar-refractivity contribution in [1.29, 1.82) is 0 Å². The summed E-state index contributed by atoms with van der Waals surface area (Å²) in [6.45, 7) is 3.61. The zero-order chi connectivity index (χ0) is 12.0. The number of benzene rings is 1. The van der Waals surface area contributed by atoms with Crippen LogP contribution in [0.2, 0.25) is 0 Å². The molecule has 16 heavy (non-hydrogen) atoms. The molecule has 3 heteroatoms. The van der Waals surface area contributed by atoms with E-state index in [0.717, 1.165) is 23.4 Å². The molecule has 2 nitrogen and oxygen atoms in total. The summed E-state index contributed by atoms with van der Waals surface area (Å²) in [7, 11) is 0. The van der Waals surface area contributed by atoms with Crippen molar-refractivity contribution in [2.45, 2.75) is 20.3 Å². The Bertz CT molecular complexity index is 399. The Morgan fingerprint density at radius 3 is 2.88 bits per heavy atom. The minimum absolute atomic E-state index is 0.170. The van der Waals surface area contributed by atoms with E-state index in [1.807, 2.05) is 31.2 Å². The van der Waals surface area contributed by atoms with Crippen LogP contribution in [0.4, 0.5) is 5.69 Å². The number of aryl methyl sites for hydroxylation is 1. The number of carbonyl (C=O) groups is 1. The molecule has 0 radical (unpaired) electrons. The summed E-state index contributed by atoms with van der Waals surface area (Å²) in [6, 6.07) is 6.02. The maximum atomic E-state index is 10.7. The van der Waals surface area contributed by atoms with Crippen molar-refractivity contribution in [3.63, 3.8) is 0 Å². The summed E-state index contributed by atoms with van der Waals surface area (Å²) in [6.07, 6.45) is 4.95. The average Bonchev–Trinajstić information content (AvgIpc) is 2.20. The Hall–Kier alpha value is -1.22. The van der Waals surface area contributed by atoms with Gasteiger partial charge < -0.3 is 5.73 Å². The lowest BCUT2D eigenvalue weighted by atomic mass is 10.1. The van der Waals surface area contributed by atoms with Gasteiger partial charge in [0.25, 0.3) is 0 Å². The quantitative estimate of drug-likeness (QED) is 0.643. The second-order valence-corrected chi connectivity index (χ2v) is 4.94. The first-order valence-electron chi connectivity index (χ1n) is 5.25. The van der Waals surface area contributed by atoms with Crippen LogP contribution >= 0.6 is 11.8 Å². The van der Waals surface area contributed by atoms with Gasteiger partial charge >= 0.3 is 0 Å². The first-order chi connectivity index (χ1) is 7.59. The summed E-state index contributed by atoms with van der Waals surface area (Å²) in [5.41, 5.74) is 8.88. The summed E-state index contributed by atoms with van der Waals surface area (Å²) in [4.78, 5) is 10.7. The van der Waals surface area contributed by atoms with E-state index in [-0.39, 0.29) is 5.12 Å². The van der Waals surface area contributed by atoms with Crippen LogP contribution in [0.25, 0.3) is 6.08 Å². The van der Waals surface area contributed by atoms with Gasteiger partial charge in [0.1, 0.15) is 0 Å². The van der Waals surface area contributed by atoms with Gasteiger partial charge in [-0.05, 0) is 30.5 Å². The Labute approximate surface area is 101 Å². The van der Waals surface area contributed by atoms with Crippen LogP contribution in [0, 0.1) is 6.92 Å². The molecule has 0 aliphatic heterocycles. The topological polar surface area (TPSA) is 43.1 Å². The Kier molecular flexibility index (Phi) is 5.12. The molecule has 0 heterocycles. The lowest BCUT2D eigenvalue weighted by molar-refractivity contribution is -0.109. The zero-order valence-corrected chi connectivity index (χ0v) is 10.5. The lowest BCUT2D eigenvalue weighted by Gasteiger charge is -2.01. The van der Waals surface area contributed by atoms with Gasteiger partial charge in [-0.25, -0.2) is 0 Å². The van der Waals surface area contributed by atoms with Crippen LogP contribution in [0.1, 0.15) is 24.5 Å². The fourth-order valence-corrected chi connectivity index (χ4v) is 1.87. The number of hydrogen-bond acceptors (Lipinski definition) is 3. The highest BCUT2D eigenvalue weighted by molar-refractivity contribution is 8.13. The first kappa shape index (κ1) is 12.8. The SMILES string of the molecule is CC(=O)SCCC=Cc1ccc(C)cc1N. The van der Waals surface area contributed by atoms with E-state index in [1.165, 1.54) is 17.3 Å². The molecule has 0 atom stereocenters. The van der Waals surface area contributed by atoms with Gasteiger partial charge in [-0.1, -0.05) is 36.0 Å². The predicted molar refractivity (Wildman–Crippen MR) is 72.4 cm³/mol. The van der Waals surface area contributed by atoms with Crippen molar-refractivity contribution in [3.05, 3.63) is 35.4 Å². The number of rotatable bonds is 4. The summed E-state index contributed by atoms with van der Waals surface area (Å²) in [5.74, 6) is 0.831. The second-order valence-electron chi connectivity index (χ2n) is 3.66. The summed E-state index contributed by atoms with van der Waals surface area (Å²) < 4.78 is 0. The number of thioether (sulfide) groups is 1. The molecule has 0 bridgehead atoms. The van der Waals surface area contributed by atoms with Crippen molar-refractivity contribution < 1.29 is 4.79 Å². The van der Waals surface area contributed by atoms with Crippen LogP contribution in [0.5, 0.6) is 0 Å². The summed E-state index contributed by atoms with van der Waals surface area (Å²) in [5, 5.41) is 0.170. The van der Waals surface area contributed by atoms with Crippen LogP contribution in [0.15, 0.2) is 24.3 Å². The van der Waals surface area contributed by atoms with E-state index in [0.29, 0.717) is 0 Å². The molecule has 86 valence electrons. The minimum atomic E-state index is 0.170. The molecule has 2 N–H and O–H groups in total. The van der Waals surface area contributed by atoms with E-state index < -0.39 is 0 Å². The van der Waals surface area contributed by atoms with E-state index in [2.05, 4.69) is 6.08 Å². The van der Waals surface area contributed by atoms with Crippen molar-refractivity contribution in [2.24, 2.45) is 0 Å². The lowest BCUT2D eigenvalue weighted by Crippen LogP contribution is -1.89. The first-order valence-corrected chi connectivity index (χ1v) is 6.24. The average molecular weight is 235 g/mol. The molecule has 0 saturated carbocycles. The van der Waals surface area contributed by atoms with Crippen LogP contribution < -0.4 is 5.73 Å². The number of nitrogen functional groups attached to an aromatic ring is 1. The third kappa shape index (κ3) is 4.53. The number of nitrogens with two attached hydrogens (primary N) is 1. The summed E-state index contributed by atoms with van der Waals surface area (Å²) >= 11 is 1.35.